The Morgan fingerprint density at radius 1 is 0.971 bits per heavy atom. The second kappa shape index (κ2) is 9.82. The molecule has 183 valence electrons. The van der Waals surface area contributed by atoms with E-state index in [0.717, 1.165) is 22.6 Å². The van der Waals surface area contributed by atoms with Gasteiger partial charge in [-0.2, -0.15) is 0 Å². The van der Waals surface area contributed by atoms with Crippen molar-refractivity contribution < 1.29 is 18.8 Å². The van der Waals surface area contributed by atoms with E-state index in [2.05, 4.69) is 46.0 Å². The van der Waals surface area contributed by atoms with Gasteiger partial charge in [-0.05, 0) is 62.5 Å². The van der Waals surface area contributed by atoms with Crippen LogP contribution < -0.4 is 9.33 Å². The van der Waals surface area contributed by atoms with Crippen LogP contribution in [0, 0.1) is 0 Å². The van der Waals surface area contributed by atoms with Gasteiger partial charge in [-0.15, -0.1) is 0 Å². The fourth-order valence-electron chi connectivity index (χ4n) is 3.95. The van der Waals surface area contributed by atoms with Gasteiger partial charge in [0.25, 0.3) is 14.9 Å². The molecule has 1 fully saturated rings. The smallest absolute Gasteiger partial charge is 0.411 e. The number of amides is 2. The van der Waals surface area contributed by atoms with E-state index < -0.39 is 26.8 Å². The average molecular weight is 482 g/mol. The quantitative estimate of drug-likeness (QED) is 0.507. The minimum Gasteiger partial charge on any atom is -0.541 e. The van der Waals surface area contributed by atoms with Crippen LogP contribution >= 0.6 is 0 Å². The van der Waals surface area contributed by atoms with Gasteiger partial charge in [0.2, 0.25) is 0 Å². The lowest BCUT2D eigenvalue weighted by Crippen LogP contribution is -2.55. The number of carbonyl (C=O) groups excluding carboxylic acids is 2. The number of piperazine rings is 1. The van der Waals surface area contributed by atoms with Crippen molar-refractivity contribution in [3.63, 3.8) is 0 Å². The molecular formula is C27H37N2O4Si. The summed E-state index contributed by atoms with van der Waals surface area (Å²) in [5, 5.41) is 0. The fourth-order valence-corrected chi connectivity index (χ4v) is 4.55. The van der Waals surface area contributed by atoms with Gasteiger partial charge in [0.1, 0.15) is 17.4 Å². The third-order valence-electron chi connectivity index (χ3n) is 5.55. The lowest BCUT2D eigenvalue weighted by atomic mass is 9.86. The van der Waals surface area contributed by atoms with Crippen LogP contribution in [0.2, 0.25) is 13.1 Å². The predicted octanol–water partition coefficient (Wildman–Crippen LogP) is 5.94. The minimum atomic E-state index is -1.06. The molecule has 0 spiro atoms. The van der Waals surface area contributed by atoms with E-state index in [1.54, 1.807) is 9.80 Å². The van der Waals surface area contributed by atoms with Crippen LogP contribution in [0.3, 0.4) is 0 Å². The lowest BCUT2D eigenvalue weighted by molar-refractivity contribution is -0.126. The first kappa shape index (κ1) is 25.8. The first-order valence-electron chi connectivity index (χ1n) is 11.8. The normalized spacial score (nSPS) is 17.2. The molecule has 6 nitrogen and oxygen atoms in total. The highest BCUT2D eigenvalue weighted by Crippen LogP contribution is 2.38. The highest BCUT2D eigenvalue weighted by molar-refractivity contribution is 6.49. The molecule has 1 heterocycles. The van der Waals surface area contributed by atoms with Gasteiger partial charge in [-0.3, -0.25) is 9.69 Å². The van der Waals surface area contributed by atoms with Crippen LogP contribution in [-0.2, 0) is 14.9 Å². The van der Waals surface area contributed by atoms with Crippen LogP contribution in [0.15, 0.2) is 48.5 Å². The molecule has 1 aliphatic heterocycles. The standard InChI is InChI=1S/C27H37N2O4Si/c1-26(2,3)20-14-15-21(22(18-20)33-34(7)8)28-16-17-29(25(31)32-27(4,5)6)23(24(28)30)19-12-10-9-11-13-19/h9-15,18,23H,16-17H2,1-8H3. The second-order valence-corrected chi connectivity index (χ2v) is 12.9. The molecule has 1 unspecified atom stereocenters. The first-order chi connectivity index (χ1) is 15.8. The molecule has 34 heavy (non-hydrogen) atoms. The lowest BCUT2D eigenvalue weighted by Gasteiger charge is -2.41. The summed E-state index contributed by atoms with van der Waals surface area (Å²) in [5.74, 6) is 0.551. The number of carbonyl (C=O) groups is 2. The third kappa shape index (κ3) is 6.00. The Kier molecular flexibility index (Phi) is 7.46. The predicted molar refractivity (Wildman–Crippen MR) is 138 cm³/mol. The Bertz CT molecular complexity index is 1030. The van der Waals surface area contributed by atoms with Crippen LogP contribution in [0.5, 0.6) is 5.75 Å². The van der Waals surface area contributed by atoms with E-state index in [0.29, 0.717) is 13.1 Å². The number of rotatable bonds is 4. The summed E-state index contributed by atoms with van der Waals surface area (Å²) in [6.45, 7) is 16.8. The number of anilines is 1. The summed E-state index contributed by atoms with van der Waals surface area (Å²) >= 11 is 0. The molecule has 1 aliphatic rings. The van der Waals surface area contributed by atoms with E-state index in [-0.39, 0.29) is 11.3 Å². The van der Waals surface area contributed by atoms with Crippen LogP contribution in [0.4, 0.5) is 10.5 Å². The number of benzene rings is 2. The van der Waals surface area contributed by atoms with Gasteiger partial charge >= 0.3 is 6.09 Å². The molecule has 2 aromatic rings. The summed E-state index contributed by atoms with van der Waals surface area (Å²) < 4.78 is 11.9. The maximum atomic E-state index is 14.0. The van der Waals surface area contributed by atoms with Gasteiger partial charge in [-0.25, -0.2) is 4.79 Å². The third-order valence-corrected chi connectivity index (χ3v) is 6.18. The molecule has 0 saturated carbocycles. The Morgan fingerprint density at radius 2 is 1.62 bits per heavy atom. The SMILES string of the molecule is C[Si](C)Oc1cc(C(C)(C)C)ccc1N1CCN(C(=O)OC(C)(C)C)C(c2ccccc2)C1=O. The monoisotopic (exact) mass is 481 g/mol. The maximum Gasteiger partial charge on any atom is 0.411 e. The topological polar surface area (TPSA) is 59.1 Å². The average Bonchev–Trinajstić information content (AvgIpc) is 2.72. The van der Waals surface area contributed by atoms with E-state index in [1.807, 2.05) is 57.2 Å². The van der Waals surface area contributed by atoms with Gasteiger partial charge < -0.3 is 14.1 Å². The molecule has 0 N–H and O–H groups in total. The zero-order chi connectivity index (χ0) is 25.3. The van der Waals surface area contributed by atoms with Gasteiger partial charge in [0, 0.05) is 13.1 Å². The summed E-state index contributed by atoms with van der Waals surface area (Å²) in [4.78, 5) is 30.3. The Balaban J connectivity index is 2.03. The van der Waals surface area contributed by atoms with Crippen molar-refractivity contribution in [3.8, 4) is 5.75 Å². The molecular weight excluding hydrogens is 444 g/mol. The fraction of sp³-hybridized carbons (Fsp3) is 0.481. The van der Waals surface area contributed by atoms with E-state index in [9.17, 15) is 9.59 Å². The van der Waals surface area contributed by atoms with E-state index in [1.165, 1.54) is 0 Å². The second-order valence-electron chi connectivity index (χ2n) is 10.9. The maximum absolute atomic E-state index is 14.0. The van der Waals surface area contributed by atoms with Crippen molar-refractivity contribution in [2.45, 2.75) is 71.7 Å². The molecule has 1 radical (unpaired) electrons. The van der Waals surface area contributed by atoms with Gasteiger partial charge in [-0.1, -0.05) is 57.2 Å². The van der Waals surface area contributed by atoms with Crippen LogP contribution in [0.1, 0.15) is 58.7 Å². The number of hydrogen-bond donors (Lipinski definition) is 0. The molecule has 0 aromatic heterocycles. The van der Waals surface area contributed by atoms with Crippen LogP contribution in [-0.4, -0.2) is 44.6 Å². The summed E-state index contributed by atoms with van der Waals surface area (Å²) in [6.07, 6.45) is -0.485. The molecule has 1 atom stereocenters. The van der Waals surface area contributed by atoms with Crippen molar-refractivity contribution in [1.82, 2.24) is 4.90 Å². The Hall–Kier alpha value is -2.80. The Labute approximate surface area is 205 Å². The van der Waals surface area contributed by atoms with Gasteiger partial charge in [0.15, 0.2) is 0 Å². The minimum absolute atomic E-state index is 0.0446. The number of nitrogens with zero attached hydrogens (tertiary/aromatic N) is 2. The number of hydrogen-bond acceptors (Lipinski definition) is 4. The molecule has 3 rings (SSSR count). The number of ether oxygens (including phenoxy) is 1. The Morgan fingerprint density at radius 3 is 2.18 bits per heavy atom. The largest absolute Gasteiger partial charge is 0.541 e. The van der Waals surface area contributed by atoms with E-state index in [4.69, 9.17) is 9.16 Å². The zero-order valence-electron chi connectivity index (χ0n) is 21.6. The van der Waals surface area contributed by atoms with Crippen molar-refractivity contribution in [2.75, 3.05) is 18.0 Å². The highest BCUT2D eigenvalue weighted by atomic mass is 28.3. The van der Waals surface area contributed by atoms with Crippen LogP contribution in [0.25, 0.3) is 0 Å². The molecule has 0 aliphatic carbocycles. The molecule has 2 aromatic carbocycles. The summed E-state index contributed by atoms with van der Waals surface area (Å²) in [6, 6.07) is 14.7. The van der Waals surface area contributed by atoms with Crippen molar-refractivity contribution >= 4 is 26.7 Å². The summed E-state index contributed by atoms with van der Waals surface area (Å²) in [5.41, 5.74) is 1.95. The summed E-state index contributed by atoms with van der Waals surface area (Å²) in [7, 11) is -1.06. The van der Waals surface area contributed by atoms with Gasteiger partial charge in [0.05, 0.1) is 5.69 Å². The molecule has 1 saturated heterocycles. The molecule has 7 heteroatoms. The molecule has 0 bridgehead atoms. The van der Waals surface area contributed by atoms with E-state index >= 15 is 0 Å². The van der Waals surface area contributed by atoms with Crippen molar-refractivity contribution in [2.24, 2.45) is 0 Å². The van der Waals surface area contributed by atoms with Crippen molar-refractivity contribution in [3.05, 3.63) is 59.7 Å². The zero-order valence-corrected chi connectivity index (χ0v) is 22.6. The first-order valence-corrected chi connectivity index (χ1v) is 14.2. The van der Waals surface area contributed by atoms with Crippen molar-refractivity contribution in [1.29, 1.82) is 0 Å². The highest BCUT2D eigenvalue weighted by Gasteiger charge is 2.41. The molecule has 2 amide bonds.